The van der Waals surface area contributed by atoms with Crippen molar-refractivity contribution in [1.82, 2.24) is 9.80 Å². The Morgan fingerprint density at radius 3 is 2.32 bits per heavy atom. The van der Waals surface area contributed by atoms with Gasteiger partial charge in [0, 0.05) is 31.9 Å². The molecule has 1 aromatic heterocycles. The number of nitrogens with one attached hydrogen (secondary N) is 1. The van der Waals surface area contributed by atoms with Gasteiger partial charge in [-0.25, -0.2) is 0 Å². The molecule has 0 atom stereocenters. The van der Waals surface area contributed by atoms with E-state index in [1.54, 1.807) is 17.0 Å². The van der Waals surface area contributed by atoms with Crippen LogP contribution in [-0.4, -0.2) is 47.0 Å². The van der Waals surface area contributed by atoms with Gasteiger partial charge in [0.1, 0.15) is 0 Å². The highest BCUT2D eigenvalue weighted by Gasteiger charge is 2.24. The van der Waals surface area contributed by atoms with E-state index in [9.17, 15) is 4.79 Å². The van der Waals surface area contributed by atoms with E-state index >= 15 is 0 Å². The number of amides is 1. The van der Waals surface area contributed by atoms with Crippen molar-refractivity contribution < 1.29 is 9.21 Å². The van der Waals surface area contributed by atoms with Crippen LogP contribution in [0.4, 0.5) is 5.69 Å². The monoisotopic (exact) mass is 315 g/mol. The van der Waals surface area contributed by atoms with Gasteiger partial charge in [0.2, 0.25) is 0 Å². The van der Waals surface area contributed by atoms with Crippen molar-refractivity contribution in [3.63, 3.8) is 0 Å². The van der Waals surface area contributed by atoms with Crippen molar-refractivity contribution in [2.45, 2.75) is 0 Å². The number of carbonyl (C=O) groups is 1. The Labute approximate surface area is 134 Å². The predicted molar refractivity (Wildman–Crippen MR) is 88.8 cm³/mol. The molecule has 2 heterocycles. The van der Waals surface area contributed by atoms with Gasteiger partial charge >= 0.3 is 0 Å². The minimum atomic E-state index is -0.0633. The average molecular weight is 315 g/mol. The van der Waals surface area contributed by atoms with Crippen LogP contribution in [0.1, 0.15) is 10.6 Å². The molecule has 1 fully saturated rings. The van der Waals surface area contributed by atoms with E-state index in [0.29, 0.717) is 37.1 Å². The Morgan fingerprint density at radius 1 is 1.00 bits per heavy atom. The molecule has 114 valence electrons. The second-order valence-electron chi connectivity index (χ2n) is 5.05. The maximum atomic E-state index is 12.2. The van der Waals surface area contributed by atoms with E-state index in [0.717, 1.165) is 5.69 Å². The molecular formula is C16H17N3O2S. The standard InChI is InChI=1S/C16H17N3O2S/c20-15(14-7-4-12-21-14)18-8-10-19(11-9-18)16(22)17-13-5-2-1-3-6-13/h1-7,12H,8-11H2,(H,17,22). The first kappa shape index (κ1) is 14.6. The van der Waals surface area contributed by atoms with Crippen LogP contribution < -0.4 is 5.32 Å². The number of hydrogen-bond acceptors (Lipinski definition) is 3. The second-order valence-corrected chi connectivity index (χ2v) is 5.44. The van der Waals surface area contributed by atoms with Gasteiger partial charge in [0.25, 0.3) is 5.91 Å². The molecule has 0 aliphatic carbocycles. The summed E-state index contributed by atoms with van der Waals surface area (Å²) in [6.45, 7) is 2.70. The fraction of sp³-hybridized carbons (Fsp3) is 0.250. The molecule has 0 unspecified atom stereocenters. The predicted octanol–water partition coefficient (Wildman–Crippen LogP) is 2.43. The van der Waals surface area contributed by atoms with Crippen LogP contribution in [0.5, 0.6) is 0 Å². The molecule has 0 saturated carbocycles. The SMILES string of the molecule is O=C(c1ccco1)N1CCN(C(=S)Nc2ccccc2)CC1. The fourth-order valence-electron chi connectivity index (χ4n) is 2.39. The van der Waals surface area contributed by atoms with Gasteiger partial charge in [-0.1, -0.05) is 18.2 Å². The van der Waals surface area contributed by atoms with E-state index in [2.05, 4.69) is 10.2 Å². The van der Waals surface area contributed by atoms with Gasteiger partial charge in [0.15, 0.2) is 10.9 Å². The first-order chi connectivity index (χ1) is 10.7. The number of benzene rings is 1. The van der Waals surface area contributed by atoms with Crippen LogP contribution in [0.25, 0.3) is 0 Å². The maximum absolute atomic E-state index is 12.2. The maximum Gasteiger partial charge on any atom is 0.289 e. The number of para-hydroxylation sites is 1. The van der Waals surface area contributed by atoms with Crippen LogP contribution in [-0.2, 0) is 0 Å². The molecule has 6 heteroatoms. The zero-order valence-corrected chi connectivity index (χ0v) is 12.9. The zero-order chi connectivity index (χ0) is 15.4. The van der Waals surface area contributed by atoms with Crippen molar-refractivity contribution in [1.29, 1.82) is 0 Å². The lowest BCUT2D eigenvalue weighted by Crippen LogP contribution is -2.51. The molecule has 0 spiro atoms. The lowest BCUT2D eigenvalue weighted by atomic mass is 10.3. The first-order valence-corrected chi connectivity index (χ1v) is 7.58. The number of furan rings is 1. The Bertz CT molecular complexity index is 635. The summed E-state index contributed by atoms with van der Waals surface area (Å²) in [7, 11) is 0. The first-order valence-electron chi connectivity index (χ1n) is 7.18. The van der Waals surface area contributed by atoms with Gasteiger partial charge in [-0.15, -0.1) is 0 Å². The number of nitrogens with zero attached hydrogens (tertiary/aromatic N) is 2. The van der Waals surface area contributed by atoms with Crippen molar-refractivity contribution in [3.8, 4) is 0 Å². The average Bonchev–Trinajstić information content (AvgIpc) is 3.10. The van der Waals surface area contributed by atoms with E-state index in [1.807, 2.05) is 30.3 Å². The summed E-state index contributed by atoms with van der Waals surface area (Å²) in [6, 6.07) is 13.3. The number of piperazine rings is 1. The quantitative estimate of drug-likeness (QED) is 0.863. The number of rotatable bonds is 2. The number of carbonyl (C=O) groups excluding carboxylic acids is 1. The van der Waals surface area contributed by atoms with E-state index in [4.69, 9.17) is 16.6 Å². The highest BCUT2D eigenvalue weighted by molar-refractivity contribution is 7.80. The second kappa shape index (κ2) is 6.62. The Morgan fingerprint density at radius 2 is 1.68 bits per heavy atom. The third kappa shape index (κ3) is 3.28. The molecule has 22 heavy (non-hydrogen) atoms. The van der Waals surface area contributed by atoms with Gasteiger partial charge in [0.05, 0.1) is 6.26 Å². The van der Waals surface area contributed by atoms with Crippen molar-refractivity contribution in [2.75, 3.05) is 31.5 Å². The lowest BCUT2D eigenvalue weighted by molar-refractivity contribution is 0.0661. The molecule has 1 saturated heterocycles. The molecule has 5 nitrogen and oxygen atoms in total. The van der Waals surface area contributed by atoms with Crippen LogP contribution in [0, 0.1) is 0 Å². The van der Waals surface area contributed by atoms with Crippen LogP contribution >= 0.6 is 12.2 Å². The minimum absolute atomic E-state index is 0.0633. The van der Waals surface area contributed by atoms with Crippen molar-refractivity contribution in [3.05, 3.63) is 54.5 Å². The summed E-state index contributed by atoms with van der Waals surface area (Å²) >= 11 is 5.43. The summed E-state index contributed by atoms with van der Waals surface area (Å²) < 4.78 is 5.16. The third-order valence-corrected chi connectivity index (χ3v) is 3.97. The van der Waals surface area contributed by atoms with E-state index in [1.165, 1.54) is 6.26 Å². The molecule has 0 bridgehead atoms. The summed E-state index contributed by atoms with van der Waals surface area (Å²) in [5.41, 5.74) is 0.974. The van der Waals surface area contributed by atoms with Gasteiger partial charge in [-0.05, 0) is 36.5 Å². The highest BCUT2D eigenvalue weighted by atomic mass is 32.1. The number of thiocarbonyl (C=S) groups is 1. The molecule has 1 N–H and O–H groups in total. The van der Waals surface area contributed by atoms with Crippen LogP contribution in [0.2, 0.25) is 0 Å². The minimum Gasteiger partial charge on any atom is -0.459 e. The Hall–Kier alpha value is -2.34. The summed E-state index contributed by atoms with van der Waals surface area (Å²) in [6.07, 6.45) is 1.52. The Balaban J connectivity index is 1.53. The van der Waals surface area contributed by atoms with Gasteiger partial charge < -0.3 is 19.5 Å². The van der Waals surface area contributed by atoms with E-state index < -0.39 is 0 Å². The summed E-state index contributed by atoms with van der Waals surface area (Å²) in [4.78, 5) is 16.1. The lowest BCUT2D eigenvalue weighted by Gasteiger charge is -2.35. The van der Waals surface area contributed by atoms with Crippen molar-refractivity contribution >= 4 is 28.9 Å². The summed E-state index contributed by atoms with van der Waals surface area (Å²) in [5, 5.41) is 3.91. The molecule has 1 aromatic carbocycles. The normalized spacial score (nSPS) is 14.7. The molecule has 1 aliphatic rings. The van der Waals surface area contributed by atoms with Gasteiger partial charge in [-0.3, -0.25) is 4.79 Å². The molecule has 1 aliphatic heterocycles. The highest BCUT2D eigenvalue weighted by Crippen LogP contribution is 2.11. The van der Waals surface area contributed by atoms with Crippen molar-refractivity contribution in [2.24, 2.45) is 0 Å². The topological polar surface area (TPSA) is 48.7 Å². The zero-order valence-electron chi connectivity index (χ0n) is 12.1. The number of hydrogen-bond donors (Lipinski definition) is 1. The fourth-order valence-corrected chi connectivity index (χ4v) is 2.69. The summed E-state index contributed by atoms with van der Waals surface area (Å²) in [5.74, 6) is 0.324. The number of anilines is 1. The van der Waals surface area contributed by atoms with E-state index in [-0.39, 0.29) is 5.91 Å². The van der Waals surface area contributed by atoms with Crippen LogP contribution in [0.15, 0.2) is 53.1 Å². The Kier molecular flexibility index (Phi) is 4.39. The molecule has 3 rings (SSSR count). The molecular weight excluding hydrogens is 298 g/mol. The third-order valence-electron chi connectivity index (χ3n) is 3.61. The molecule has 1 amide bonds. The molecule has 2 aromatic rings. The largest absolute Gasteiger partial charge is 0.459 e. The smallest absolute Gasteiger partial charge is 0.289 e. The van der Waals surface area contributed by atoms with Crippen LogP contribution in [0.3, 0.4) is 0 Å². The molecule has 0 radical (unpaired) electrons. The van der Waals surface area contributed by atoms with Gasteiger partial charge in [-0.2, -0.15) is 0 Å².